The Labute approximate surface area is 111 Å². The molecule has 19 heavy (non-hydrogen) atoms. The SMILES string of the molecule is O=C(NOP(=O)([O-])OCCc1ccccc1)C1CC1. The van der Waals surface area contributed by atoms with Crippen LogP contribution in [0.5, 0.6) is 0 Å². The van der Waals surface area contributed by atoms with Gasteiger partial charge in [0.2, 0.25) is 5.91 Å². The molecular formula is C12H15NO5P-. The zero-order chi connectivity index (χ0) is 13.7. The molecule has 1 aromatic rings. The standard InChI is InChI=1S/C12H16NO5P/c14-12(11-6-7-11)13-18-19(15,16)17-9-8-10-4-2-1-3-5-10/h1-5,11H,6-9H2,(H,13,14)(H,15,16)/p-1. The molecule has 0 bridgehead atoms. The van der Waals surface area contributed by atoms with E-state index >= 15 is 0 Å². The van der Waals surface area contributed by atoms with Crippen molar-refractivity contribution in [2.75, 3.05) is 6.61 Å². The molecule has 1 amide bonds. The fraction of sp³-hybridized carbons (Fsp3) is 0.417. The zero-order valence-corrected chi connectivity index (χ0v) is 11.2. The number of benzene rings is 1. The van der Waals surface area contributed by atoms with Gasteiger partial charge in [-0.2, -0.15) is 0 Å². The molecule has 0 aliphatic heterocycles. The predicted octanol–water partition coefficient (Wildman–Crippen LogP) is 1.17. The van der Waals surface area contributed by atoms with Gasteiger partial charge >= 0.3 is 0 Å². The summed E-state index contributed by atoms with van der Waals surface area (Å²) < 4.78 is 20.3. The Kier molecular flexibility index (Phi) is 4.71. The molecule has 1 saturated carbocycles. The molecule has 2 rings (SSSR count). The minimum Gasteiger partial charge on any atom is -0.755 e. The largest absolute Gasteiger partial charge is 0.755 e. The predicted molar refractivity (Wildman–Crippen MR) is 65.7 cm³/mol. The Hall–Kier alpha value is -1.20. The highest BCUT2D eigenvalue weighted by Crippen LogP contribution is 2.37. The second kappa shape index (κ2) is 6.30. The van der Waals surface area contributed by atoms with E-state index < -0.39 is 13.7 Å². The summed E-state index contributed by atoms with van der Waals surface area (Å²) in [5, 5.41) is 0. The Morgan fingerprint density at radius 1 is 1.37 bits per heavy atom. The normalized spacial score (nSPS) is 17.7. The van der Waals surface area contributed by atoms with Crippen LogP contribution in [0.25, 0.3) is 0 Å². The average molecular weight is 284 g/mol. The van der Waals surface area contributed by atoms with Gasteiger partial charge in [0.05, 0.1) is 6.61 Å². The lowest BCUT2D eigenvalue weighted by Gasteiger charge is -2.21. The van der Waals surface area contributed by atoms with Crippen LogP contribution in [0.2, 0.25) is 0 Å². The van der Waals surface area contributed by atoms with E-state index in [1.54, 1.807) is 0 Å². The highest BCUT2D eigenvalue weighted by Gasteiger charge is 2.30. The van der Waals surface area contributed by atoms with Crippen LogP contribution in [0.15, 0.2) is 30.3 Å². The van der Waals surface area contributed by atoms with Crippen LogP contribution in [0.1, 0.15) is 18.4 Å². The topological polar surface area (TPSA) is 87.7 Å². The highest BCUT2D eigenvalue weighted by atomic mass is 31.2. The minimum absolute atomic E-state index is 0.0237. The summed E-state index contributed by atoms with van der Waals surface area (Å²) in [5.74, 6) is -0.535. The lowest BCUT2D eigenvalue weighted by molar-refractivity contribution is -0.231. The Bertz CT molecular complexity index is 474. The average Bonchev–Trinajstić information content (AvgIpc) is 3.21. The van der Waals surface area contributed by atoms with Crippen LogP contribution in [0, 0.1) is 5.92 Å². The molecule has 7 heteroatoms. The third-order valence-corrected chi connectivity index (χ3v) is 3.50. The van der Waals surface area contributed by atoms with Gasteiger partial charge in [0.25, 0.3) is 7.82 Å². The van der Waals surface area contributed by atoms with Gasteiger partial charge in [-0.3, -0.25) is 9.36 Å². The van der Waals surface area contributed by atoms with Crippen molar-refractivity contribution in [3.63, 3.8) is 0 Å². The van der Waals surface area contributed by atoms with Crippen molar-refractivity contribution < 1.29 is 23.4 Å². The fourth-order valence-corrected chi connectivity index (χ4v) is 2.05. The first kappa shape index (κ1) is 14.2. The van der Waals surface area contributed by atoms with Gasteiger partial charge in [-0.25, -0.2) is 10.1 Å². The molecule has 104 valence electrons. The summed E-state index contributed by atoms with van der Waals surface area (Å²) in [6.07, 6.45) is 1.99. The smallest absolute Gasteiger partial charge is 0.290 e. The summed E-state index contributed by atoms with van der Waals surface area (Å²) in [6, 6.07) is 9.33. The maximum Gasteiger partial charge on any atom is 0.290 e. The number of rotatable bonds is 7. The van der Waals surface area contributed by atoms with Crippen molar-refractivity contribution in [3.8, 4) is 0 Å². The van der Waals surface area contributed by atoms with E-state index in [1.807, 2.05) is 35.8 Å². The Morgan fingerprint density at radius 3 is 2.68 bits per heavy atom. The Morgan fingerprint density at radius 2 is 2.05 bits per heavy atom. The van der Waals surface area contributed by atoms with Gasteiger partial charge < -0.3 is 9.42 Å². The molecule has 1 aliphatic rings. The van der Waals surface area contributed by atoms with Crippen molar-refractivity contribution in [2.24, 2.45) is 5.92 Å². The third-order valence-electron chi connectivity index (χ3n) is 2.69. The van der Waals surface area contributed by atoms with Crippen LogP contribution in [-0.4, -0.2) is 12.5 Å². The van der Waals surface area contributed by atoms with Gasteiger partial charge in [0.1, 0.15) is 0 Å². The summed E-state index contributed by atoms with van der Waals surface area (Å²) in [4.78, 5) is 22.5. The summed E-state index contributed by atoms with van der Waals surface area (Å²) in [6.45, 7) is -0.0237. The van der Waals surface area contributed by atoms with Gasteiger partial charge in [0, 0.05) is 5.92 Å². The van der Waals surface area contributed by atoms with Crippen molar-refractivity contribution in [1.29, 1.82) is 0 Å². The quantitative estimate of drug-likeness (QED) is 0.600. The molecule has 0 saturated heterocycles. The van der Waals surface area contributed by atoms with Crippen molar-refractivity contribution >= 4 is 13.7 Å². The number of carbonyl (C=O) groups is 1. The zero-order valence-electron chi connectivity index (χ0n) is 10.3. The second-order valence-electron chi connectivity index (χ2n) is 4.35. The molecule has 6 nitrogen and oxygen atoms in total. The fourth-order valence-electron chi connectivity index (χ4n) is 1.48. The maximum absolute atomic E-state index is 11.3. The molecule has 1 aliphatic carbocycles. The first-order valence-corrected chi connectivity index (χ1v) is 7.51. The van der Waals surface area contributed by atoms with E-state index in [4.69, 9.17) is 0 Å². The number of amides is 1. The van der Waals surface area contributed by atoms with Gasteiger partial charge in [-0.05, 0) is 24.8 Å². The highest BCUT2D eigenvalue weighted by molar-refractivity contribution is 7.45. The van der Waals surface area contributed by atoms with E-state index in [-0.39, 0.29) is 12.5 Å². The van der Waals surface area contributed by atoms with Crippen LogP contribution in [0.4, 0.5) is 0 Å². The van der Waals surface area contributed by atoms with Crippen LogP contribution < -0.4 is 10.4 Å². The number of carbonyl (C=O) groups excluding carboxylic acids is 1. The van der Waals surface area contributed by atoms with E-state index in [1.165, 1.54) is 0 Å². The number of nitrogens with one attached hydrogen (secondary N) is 1. The van der Waals surface area contributed by atoms with Crippen molar-refractivity contribution in [2.45, 2.75) is 19.3 Å². The summed E-state index contributed by atoms with van der Waals surface area (Å²) >= 11 is 0. The van der Waals surface area contributed by atoms with Gasteiger partial charge in [-0.1, -0.05) is 30.3 Å². The summed E-state index contributed by atoms with van der Waals surface area (Å²) in [5.41, 5.74) is 2.86. The third kappa shape index (κ3) is 5.12. The number of hydrogen-bond donors (Lipinski definition) is 1. The van der Waals surface area contributed by atoms with Crippen LogP contribution >= 0.6 is 7.82 Å². The first-order valence-electron chi connectivity index (χ1n) is 6.05. The molecular weight excluding hydrogens is 269 g/mol. The molecule has 1 atom stereocenters. The molecule has 1 aromatic carbocycles. The number of phosphoric ester groups is 1. The van der Waals surface area contributed by atoms with Gasteiger partial charge in [0.15, 0.2) is 0 Å². The van der Waals surface area contributed by atoms with Gasteiger partial charge in [-0.15, -0.1) is 0 Å². The van der Waals surface area contributed by atoms with Crippen molar-refractivity contribution in [1.82, 2.24) is 5.48 Å². The molecule has 1 N–H and O–H groups in total. The van der Waals surface area contributed by atoms with E-state index in [9.17, 15) is 14.3 Å². The first-order chi connectivity index (χ1) is 9.07. The molecule has 0 aromatic heterocycles. The molecule has 0 spiro atoms. The van der Waals surface area contributed by atoms with E-state index in [0.29, 0.717) is 6.42 Å². The summed E-state index contributed by atoms with van der Waals surface area (Å²) in [7, 11) is -4.48. The maximum atomic E-state index is 11.3. The molecule has 1 unspecified atom stereocenters. The number of phosphoric acid groups is 1. The lowest BCUT2D eigenvalue weighted by Crippen LogP contribution is -2.27. The van der Waals surface area contributed by atoms with E-state index in [0.717, 1.165) is 18.4 Å². The lowest BCUT2D eigenvalue weighted by atomic mass is 10.2. The molecule has 0 heterocycles. The number of hydroxylamine groups is 1. The monoisotopic (exact) mass is 284 g/mol. The Balaban J connectivity index is 1.68. The molecule has 0 radical (unpaired) electrons. The van der Waals surface area contributed by atoms with Crippen molar-refractivity contribution in [3.05, 3.63) is 35.9 Å². The van der Waals surface area contributed by atoms with Crippen LogP contribution in [-0.2, 0) is 24.9 Å². The van der Waals surface area contributed by atoms with E-state index in [2.05, 4.69) is 9.15 Å². The minimum atomic E-state index is -4.48. The number of hydrogen-bond acceptors (Lipinski definition) is 5. The molecule has 1 fully saturated rings. The van der Waals surface area contributed by atoms with Crippen LogP contribution in [0.3, 0.4) is 0 Å². The second-order valence-corrected chi connectivity index (χ2v) is 5.68.